The second-order valence-corrected chi connectivity index (χ2v) is 7.75. The zero-order valence-electron chi connectivity index (χ0n) is 17.3. The Labute approximate surface area is 180 Å². The highest BCUT2D eigenvalue weighted by Crippen LogP contribution is 2.46. The number of hydrogen-bond donors (Lipinski definition) is 1. The smallest absolute Gasteiger partial charge is 0.209 e. The molecule has 1 atom stereocenters. The van der Waals surface area contributed by atoms with Crippen molar-refractivity contribution in [3.8, 4) is 17.3 Å². The fourth-order valence-electron chi connectivity index (χ4n) is 4.45. The molecule has 0 aliphatic carbocycles. The van der Waals surface area contributed by atoms with E-state index in [4.69, 9.17) is 5.26 Å². The Hall–Kier alpha value is -3.66. The number of aromatic nitrogens is 2. The van der Waals surface area contributed by atoms with E-state index < -0.39 is 0 Å². The van der Waals surface area contributed by atoms with E-state index in [2.05, 4.69) is 20.9 Å². The third-order valence-corrected chi connectivity index (χ3v) is 6.06. The van der Waals surface area contributed by atoms with Crippen molar-refractivity contribution in [2.75, 3.05) is 25.5 Å². The molecule has 2 aliphatic heterocycles. The largest absolute Gasteiger partial charge is 0.388 e. The fraction of sp³-hybridized carbons (Fsp3) is 0.292. The second-order valence-electron chi connectivity index (χ2n) is 7.75. The van der Waals surface area contributed by atoms with Gasteiger partial charge >= 0.3 is 0 Å². The van der Waals surface area contributed by atoms with E-state index in [1.807, 2.05) is 25.2 Å². The van der Waals surface area contributed by atoms with Crippen molar-refractivity contribution >= 4 is 12.1 Å². The van der Waals surface area contributed by atoms with Gasteiger partial charge in [-0.25, -0.2) is 9.37 Å². The maximum absolute atomic E-state index is 14.4. The lowest BCUT2D eigenvalue weighted by Crippen LogP contribution is -2.35. The van der Waals surface area contributed by atoms with E-state index >= 15 is 0 Å². The number of rotatable bonds is 3. The van der Waals surface area contributed by atoms with Crippen molar-refractivity contribution in [2.45, 2.75) is 18.9 Å². The number of benzene rings is 2. The van der Waals surface area contributed by atoms with Crippen molar-refractivity contribution in [1.82, 2.24) is 14.5 Å². The van der Waals surface area contributed by atoms with E-state index in [1.165, 1.54) is 6.07 Å². The number of likely N-dealkylation sites (tertiary alicyclic amines) is 1. The van der Waals surface area contributed by atoms with Crippen molar-refractivity contribution in [2.24, 2.45) is 5.92 Å². The van der Waals surface area contributed by atoms with Gasteiger partial charge in [-0.2, -0.15) is 5.26 Å². The summed E-state index contributed by atoms with van der Waals surface area (Å²) in [6.45, 7) is 1.50. The summed E-state index contributed by atoms with van der Waals surface area (Å²) in [6.07, 6.45) is 6.30. The van der Waals surface area contributed by atoms with Gasteiger partial charge in [0.05, 0.1) is 35.9 Å². The first-order valence-electron chi connectivity index (χ1n) is 10.3. The molecule has 0 bridgehead atoms. The molecule has 3 heterocycles. The van der Waals surface area contributed by atoms with Gasteiger partial charge in [0.25, 0.3) is 0 Å². The fourth-order valence-corrected chi connectivity index (χ4v) is 4.45. The summed E-state index contributed by atoms with van der Waals surface area (Å²) >= 11 is 0. The Morgan fingerprint density at radius 3 is 2.58 bits per heavy atom. The number of hydrogen-bond acceptors (Lipinski definition) is 4. The quantitative estimate of drug-likeness (QED) is 0.652. The third-order valence-electron chi connectivity index (χ3n) is 6.06. The van der Waals surface area contributed by atoms with E-state index in [0.717, 1.165) is 54.8 Å². The van der Waals surface area contributed by atoms with Crippen LogP contribution in [0.25, 0.3) is 11.3 Å². The van der Waals surface area contributed by atoms with Crippen LogP contribution < -0.4 is 5.32 Å². The SMILES string of the molecule is CNc1ccc(C#N)cc1.O=CN1CCC(C2c3c(F)cccc3-c3cncn32)CC1. The molecule has 5 rings (SSSR count). The van der Waals surface area contributed by atoms with Crippen molar-refractivity contribution in [3.63, 3.8) is 0 Å². The van der Waals surface area contributed by atoms with Gasteiger partial charge in [-0.15, -0.1) is 0 Å². The number of fused-ring (bicyclic) bond motifs is 3. The molecule has 1 fully saturated rings. The number of carbonyl (C=O) groups excluding carboxylic acids is 1. The summed E-state index contributed by atoms with van der Waals surface area (Å²) in [7, 11) is 1.85. The Balaban J connectivity index is 0.000000196. The molecule has 6 nitrogen and oxygen atoms in total. The molecule has 3 aromatic rings. The average Bonchev–Trinajstić information content (AvgIpc) is 3.42. The van der Waals surface area contributed by atoms with Crippen LogP contribution in [0.2, 0.25) is 0 Å². The normalized spacial score (nSPS) is 17.1. The topological polar surface area (TPSA) is 74.0 Å². The lowest BCUT2D eigenvalue weighted by molar-refractivity contribution is -0.119. The van der Waals surface area contributed by atoms with Gasteiger partial charge in [-0.3, -0.25) is 4.79 Å². The minimum absolute atomic E-state index is 0.00695. The highest BCUT2D eigenvalue weighted by molar-refractivity contribution is 5.69. The number of carbonyl (C=O) groups is 1. The number of nitriles is 1. The Morgan fingerprint density at radius 1 is 1.19 bits per heavy atom. The van der Waals surface area contributed by atoms with Crippen LogP contribution in [-0.2, 0) is 4.79 Å². The molecule has 1 amide bonds. The molecule has 1 aromatic heterocycles. The molecule has 31 heavy (non-hydrogen) atoms. The van der Waals surface area contributed by atoms with Crippen LogP contribution >= 0.6 is 0 Å². The Bertz CT molecular complexity index is 1090. The average molecular weight is 417 g/mol. The molecule has 7 heteroatoms. The monoisotopic (exact) mass is 417 g/mol. The number of imidazole rings is 1. The molecule has 1 unspecified atom stereocenters. The van der Waals surface area contributed by atoms with Crippen LogP contribution in [0.5, 0.6) is 0 Å². The van der Waals surface area contributed by atoms with Gasteiger partial charge in [0, 0.05) is 37.0 Å². The second kappa shape index (κ2) is 9.00. The first kappa shape index (κ1) is 20.6. The zero-order chi connectivity index (χ0) is 21.8. The van der Waals surface area contributed by atoms with Crippen LogP contribution in [0.1, 0.15) is 30.0 Å². The number of halogens is 1. The number of nitrogens with one attached hydrogen (secondary N) is 1. The first-order chi connectivity index (χ1) is 15.2. The highest BCUT2D eigenvalue weighted by atomic mass is 19.1. The first-order valence-corrected chi connectivity index (χ1v) is 10.3. The number of piperidine rings is 1. The van der Waals surface area contributed by atoms with Crippen LogP contribution in [0.4, 0.5) is 10.1 Å². The maximum atomic E-state index is 14.4. The lowest BCUT2D eigenvalue weighted by atomic mass is 9.85. The number of amides is 1. The van der Waals surface area contributed by atoms with Crippen LogP contribution in [-0.4, -0.2) is 41.0 Å². The minimum atomic E-state index is -0.140. The summed E-state index contributed by atoms with van der Waals surface area (Å²) in [6, 6.07) is 14.6. The summed E-state index contributed by atoms with van der Waals surface area (Å²) in [5.74, 6) is 0.200. The minimum Gasteiger partial charge on any atom is -0.388 e. The van der Waals surface area contributed by atoms with E-state index in [1.54, 1.807) is 35.6 Å². The molecule has 0 spiro atoms. The molecule has 0 radical (unpaired) electrons. The van der Waals surface area contributed by atoms with Gasteiger partial charge in [0.2, 0.25) is 6.41 Å². The molecule has 2 aliphatic rings. The standard InChI is InChI=1S/C16H16FN3O.C8H8N2/c17-13-3-1-2-12-14-8-18-9-20(14)16(15(12)13)11-4-6-19(10-21)7-5-11;1-10-8-4-2-7(6-9)3-5-8/h1-3,8-11,16H,4-7H2;2-5,10H,1H3. The third kappa shape index (κ3) is 4.02. The maximum Gasteiger partial charge on any atom is 0.209 e. The van der Waals surface area contributed by atoms with E-state index in [0.29, 0.717) is 11.5 Å². The predicted octanol–water partition coefficient (Wildman–Crippen LogP) is 4.06. The summed E-state index contributed by atoms with van der Waals surface area (Å²) in [5, 5.41) is 11.4. The Morgan fingerprint density at radius 2 is 1.94 bits per heavy atom. The molecule has 1 N–H and O–H groups in total. The highest BCUT2D eigenvalue weighted by Gasteiger charge is 2.37. The van der Waals surface area contributed by atoms with Gasteiger partial charge in [-0.1, -0.05) is 12.1 Å². The lowest BCUT2D eigenvalue weighted by Gasteiger charge is -2.33. The molecule has 158 valence electrons. The molecule has 0 saturated carbocycles. The van der Waals surface area contributed by atoms with Crippen LogP contribution in [0.15, 0.2) is 55.0 Å². The van der Waals surface area contributed by atoms with Crippen LogP contribution in [0.3, 0.4) is 0 Å². The van der Waals surface area contributed by atoms with Gasteiger partial charge in [0.15, 0.2) is 0 Å². The van der Waals surface area contributed by atoms with Crippen molar-refractivity contribution < 1.29 is 9.18 Å². The molecular weight excluding hydrogens is 393 g/mol. The van der Waals surface area contributed by atoms with Crippen molar-refractivity contribution in [1.29, 1.82) is 5.26 Å². The van der Waals surface area contributed by atoms with E-state index in [9.17, 15) is 9.18 Å². The Kier molecular flexibility index (Phi) is 5.99. The zero-order valence-corrected chi connectivity index (χ0v) is 17.3. The van der Waals surface area contributed by atoms with Gasteiger partial charge in [-0.05, 0) is 49.1 Å². The molecule has 2 aromatic carbocycles. The van der Waals surface area contributed by atoms with Crippen LogP contribution in [0, 0.1) is 23.1 Å². The summed E-state index contributed by atoms with van der Waals surface area (Å²) in [4.78, 5) is 16.9. The van der Waals surface area contributed by atoms with E-state index in [-0.39, 0.29) is 11.9 Å². The number of anilines is 1. The predicted molar refractivity (Wildman–Crippen MR) is 117 cm³/mol. The van der Waals surface area contributed by atoms with Gasteiger partial charge in [0.1, 0.15) is 5.82 Å². The molecule has 1 saturated heterocycles. The van der Waals surface area contributed by atoms with Crippen molar-refractivity contribution in [3.05, 3.63) is 71.9 Å². The summed E-state index contributed by atoms with van der Waals surface area (Å²) in [5.41, 5.74) is 4.46. The van der Waals surface area contributed by atoms with Gasteiger partial charge < -0.3 is 14.8 Å². The summed E-state index contributed by atoms with van der Waals surface area (Å²) < 4.78 is 16.5. The number of nitrogens with zero attached hydrogens (tertiary/aromatic N) is 4. The molecular formula is C24H24FN5O.